The summed E-state index contributed by atoms with van der Waals surface area (Å²) < 4.78 is 0. The molecule has 1 aliphatic rings. The minimum absolute atomic E-state index is 0.0819. The van der Waals surface area contributed by atoms with Crippen LogP contribution in [-0.4, -0.2) is 17.8 Å². The molecule has 0 aromatic carbocycles. The first-order valence-electron chi connectivity index (χ1n) is 4.66. The maximum absolute atomic E-state index is 11.0. The number of hydrogen-bond acceptors (Lipinski definition) is 1. The zero-order valence-electron chi connectivity index (χ0n) is 8.78. The number of carbonyl (C=O) groups is 1. The van der Waals surface area contributed by atoms with Crippen LogP contribution in [0.25, 0.3) is 0 Å². The van der Waals surface area contributed by atoms with Gasteiger partial charge in [0, 0.05) is 6.54 Å². The fourth-order valence-electron chi connectivity index (χ4n) is 2.11. The molecule has 0 unspecified atom stereocenters. The van der Waals surface area contributed by atoms with Crippen molar-refractivity contribution in [3.63, 3.8) is 0 Å². The fraction of sp³-hybridized carbons (Fsp3) is 0.900. The SMILES string of the molecule is CC1(C)C(CNC(=O)CBr)C1(C)C. The van der Waals surface area contributed by atoms with E-state index in [0.717, 1.165) is 6.54 Å². The monoisotopic (exact) mass is 247 g/mol. The second-order valence-corrected chi connectivity index (χ2v) is 5.49. The van der Waals surface area contributed by atoms with Crippen LogP contribution in [0.2, 0.25) is 0 Å². The van der Waals surface area contributed by atoms with E-state index in [9.17, 15) is 4.79 Å². The molecular weight excluding hydrogens is 230 g/mol. The van der Waals surface area contributed by atoms with Crippen molar-refractivity contribution in [1.82, 2.24) is 5.32 Å². The van der Waals surface area contributed by atoms with Gasteiger partial charge in [-0.2, -0.15) is 0 Å². The van der Waals surface area contributed by atoms with Crippen molar-refractivity contribution in [2.75, 3.05) is 11.9 Å². The van der Waals surface area contributed by atoms with Gasteiger partial charge in [0.15, 0.2) is 0 Å². The van der Waals surface area contributed by atoms with Gasteiger partial charge in [-0.1, -0.05) is 43.6 Å². The molecule has 2 nitrogen and oxygen atoms in total. The van der Waals surface area contributed by atoms with Crippen LogP contribution in [0.1, 0.15) is 27.7 Å². The van der Waals surface area contributed by atoms with E-state index in [2.05, 4.69) is 48.9 Å². The van der Waals surface area contributed by atoms with Crippen molar-refractivity contribution in [2.45, 2.75) is 27.7 Å². The van der Waals surface area contributed by atoms with Gasteiger partial charge >= 0.3 is 0 Å². The van der Waals surface area contributed by atoms with Crippen LogP contribution in [0, 0.1) is 16.7 Å². The van der Waals surface area contributed by atoms with Gasteiger partial charge in [-0.3, -0.25) is 4.79 Å². The fourth-order valence-corrected chi connectivity index (χ4v) is 2.30. The average molecular weight is 248 g/mol. The van der Waals surface area contributed by atoms with Crippen molar-refractivity contribution >= 4 is 21.8 Å². The molecule has 13 heavy (non-hydrogen) atoms. The average Bonchev–Trinajstić information content (AvgIpc) is 2.40. The van der Waals surface area contributed by atoms with E-state index in [1.165, 1.54) is 0 Å². The third-order valence-corrected chi connectivity index (χ3v) is 4.45. The summed E-state index contributed by atoms with van der Waals surface area (Å²) in [7, 11) is 0. The number of halogens is 1. The van der Waals surface area contributed by atoms with Crippen LogP contribution in [0.4, 0.5) is 0 Å². The summed E-state index contributed by atoms with van der Waals surface area (Å²) in [5.74, 6) is 0.696. The lowest BCUT2D eigenvalue weighted by molar-refractivity contribution is -0.118. The van der Waals surface area contributed by atoms with Crippen molar-refractivity contribution in [2.24, 2.45) is 16.7 Å². The number of hydrogen-bond donors (Lipinski definition) is 1. The molecule has 1 fully saturated rings. The largest absolute Gasteiger partial charge is 0.355 e. The Kier molecular flexibility index (Phi) is 2.77. The molecule has 0 bridgehead atoms. The van der Waals surface area contributed by atoms with E-state index >= 15 is 0 Å². The first-order chi connectivity index (χ1) is 5.84. The van der Waals surface area contributed by atoms with Gasteiger partial charge in [-0.05, 0) is 16.7 Å². The number of alkyl halides is 1. The van der Waals surface area contributed by atoms with E-state index in [1.54, 1.807) is 0 Å². The van der Waals surface area contributed by atoms with Crippen LogP contribution in [0.15, 0.2) is 0 Å². The highest BCUT2D eigenvalue weighted by Gasteiger charge is 2.64. The second-order valence-electron chi connectivity index (χ2n) is 4.93. The highest BCUT2D eigenvalue weighted by molar-refractivity contribution is 9.09. The van der Waals surface area contributed by atoms with Gasteiger partial charge in [0.1, 0.15) is 0 Å². The third-order valence-electron chi connectivity index (χ3n) is 3.94. The van der Waals surface area contributed by atoms with E-state index in [4.69, 9.17) is 0 Å². The molecule has 0 atom stereocenters. The summed E-state index contributed by atoms with van der Waals surface area (Å²) in [5.41, 5.74) is 0.735. The van der Waals surface area contributed by atoms with Gasteiger partial charge in [0.2, 0.25) is 5.91 Å². The smallest absolute Gasteiger partial charge is 0.230 e. The zero-order chi connectivity index (χ0) is 10.3. The molecule has 0 heterocycles. The Hall–Kier alpha value is -0.0500. The van der Waals surface area contributed by atoms with Crippen LogP contribution in [-0.2, 0) is 4.79 Å². The standard InChI is InChI=1S/C10H18BrNO/c1-9(2)7(10(9,3)4)6-12-8(13)5-11/h7H,5-6H2,1-4H3,(H,12,13). The minimum atomic E-state index is 0.0819. The van der Waals surface area contributed by atoms with Gasteiger partial charge in [-0.15, -0.1) is 0 Å². The zero-order valence-corrected chi connectivity index (χ0v) is 10.4. The Morgan fingerprint density at radius 2 is 1.77 bits per heavy atom. The molecule has 76 valence electrons. The van der Waals surface area contributed by atoms with Crippen molar-refractivity contribution in [1.29, 1.82) is 0 Å². The lowest BCUT2D eigenvalue weighted by Crippen LogP contribution is -2.27. The van der Waals surface area contributed by atoms with Crippen molar-refractivity contribution in [3.8, 4) is 0 Å². The first-order valence-corrected chi connectivity index (χ1v) is 5.79. The molecule has 0 aromatic heterocycles. The Bertz CT molecular complexity index is 209. The van der Waals surface area contributed by atoms with Gasteiger partial charge < -0.3 is 5.32 Å². The quantitative estimate of drug-likeness (QED) is 0.762. The molecule has 1 saturated carbocycles. The van der Waals surface area contributed by atoms with E-state index in [1.807, 2.05) is 0 Å². The molecule has 0 saturated heterocycles. The normalized spacial score (nSPS) is 24.1. The Morgan fingerprint density at radius 1 is 1.31 bits per heavy atom. The van der Waals surface area contributed by atoms with E-state index in [-0.39, 0.29) is 5.91 Å². The summed E-state index contributed by atoms with van der Waals surface area (Å²) in [6.07, 6.45) is 0. The maximum Gasteiger partial charge on any atom is 0.230 e. The summed E-state index contributed by atoms with van der Waals surface area (Å²) in [6, 6.07) is 0. The third kappa shape index (κ3) is 1.76. The molecule has 1 amide bonds. The topological polar surface area (TPSA) is 29.1 Å². The molecule has 1 N–H and O–H groups in total. The lowest BCUT2D eigenvalue weighted by atomic mass is 10.0. The lowest BCUT2D eigenvalue weighted by Gasteiger charge is -2.04. The molecule has 1 rings (SSSR count). The number of rotatable bonds is 3. The highest BCUT2D eigenvalue weighted by Crippen LogP contribution is 2.67. The molecule has 0 radical (unpaired) electrons. The van der Waals surface area contributed by atoms with Crippen LogP contribution >= 0.6 is 15.9 Å². The Morgan fingerprint density at radius 3 is 2.08 bits per heavy atom. The molecule has 0 spiro atoms. The molecule has 1 aliphatic carbocycles. The van der Waals surface area contributed by atoms with E-state index < -0.39 is 0 Å². The summed E-state index contributed by atoms with van der Waals surface area (Å²) in [5, 5.41) is 3.32. The van der Waals surface area contributed by atoms with Crippen molar-refractivity contribution in [3.05, 3.63) is 0 Å². The predicted octanol–water partition coefficient (Wildman–Crippen LogP) is 2.18. The number of nitrogens with one attached hydrogen (secondary N) is 1. The number of amides is 1. The predicted molar refractivity (Wildman–Crippen MR) is 57.9 cm³/mol. The minimum Gasteiger partial charge on any atom is -0.355 e. The van der Waals surface area contributed by atoms with Crippen LogP contribution < -0.4 is 5.32 Å². The molecule has 0 aromatic rings. The summed E-state index contributed by atoms with van der Waals surface area (Å²) >= 11 is 3.13. The van der Waals surface area contributed by atoms with Crippen LogP contribution in [0.3, 0.4) is 0 Å². The highest BCUT2D eigenvalue weighted by atomic mass is 79.9. The number of carbonyl (C=O) groups excluding carboxylic acids is 1. The molecule has 3 heteroatoms. The first kappa shape index (κ1) is 11.0. The van der Waals surface area contributed by atoms with Crippen molar-refractivity contribution < 1.29 is 4.79 Å². The van der Waals surface area contributed by atoms with Crippen LogP contribution in [0.5, 0.6) is 0 Å². The molecular formula is C10H18BrNO. The van der Waals surface area contributed by atoms with Gasteiger partial charge in [0.05, 0.1) is 5.33 Å². The van der Waals surface area contributed by atoms with Gasteiger partial charge in [-0.25, -0.2) is 0 Å². The van der Waals surface area contributed by atoms with E-state index in [0.29, 0.717) is 22.1 Å². The summed E-state index contributed by atoms with van der Waals surface area (Å²) in [6.45, 7) is 9.86. The molecule has 0 aliphatic heterocycles. The Labute approximate surface area is 88.6 Å². The maximum atomic E-state index is 11.0. The summed E-state index contributed by atoms with van der Waals surface area (Å²) in [4.78, 5) is 11.0. The Balaban J connectivity index is 2.38. The second kappa shape index (κ2) is 3.26. The van der Waals surface area contributed by atoms with Gasteiger partial charge in [0.25, 0.3) is 0 Å².